The molecule has 62 valence electrons. The molecular formula is C8H9N3O. The van der Waals surface area contributed by atoms with E-state index >= 15 is 0 Å². The Labute approximate surface area is 70.0 Å². The largest absolute Gasteiger partial charge is 0.424 e. The molecule has 0 radical (unpaired) electrons. The van der Waals surface area contributed by atoms with Gasteiger partial charge in [0.15, 0.2) is 0 Å². The van der Waals surface area contributed by atoms with Crippen LogP contribution in [0.1, 0.15) is 30.8 Å². The first kappa shape index (κ1) is 7.17. The summed E-state index contributed by atoms with van der Waals surface area (Å²) in [6, 6.07) is 1.88. The Morgan fingerprint density at radius 1 is 1.75 bits per heavy atom. The Bertz CT molecular complexity index is 350. The molecule has 1 fully saturated rings. The van der Waals surface area contributed by atoms with Gasteiger partial charge in [-0.3, -0.25) is 0 Å². The number of aromatic nitrogens is 1. The number of nitriles is 1. The number of nitrogens with zero attached hydrogens (tertiary/aromatic N) is 2. The van der Waals surface area contributed by atoms with Crippen LogP contribution < -0.4 is 5.73 Å². The molecule has 2 atom stereocenters. The van der Waals surface area contributed by atoms with Gasteiger partial charge in [-0.2, -0.15) is 5.26 Å². The Balaban J connectivity index is 2.30. The zero-order valence-corrected chi connectivity index (χ0v) is 6.74. The Morgan fingerprint density at radius 2 is 2.42 bits per heavy atom. The molecule has 0 aliphatic heterocycles. The lowest BCUT2D eigenvalue weighted by atomic mass is 10.3. The Kier molecular flexibility index (Phi) is 1.34. The normalized spacial score (nSPS) is 26.7. The van der Waals surface area contributed by atoms with Gasteiger partial charge in [-0.05, 0) is 12.3 Å². The fourth-order valence-electron chi connectivity index (χ4n) is 1.25. The van der Waals surface area contributed by atoms with Crippen LogP contribution in [0.4, 0.5) is 5.88 Å². The van der Waals surface area contributed by atoms with E-state index in [-0.39, 0.29) is 11.6 Å². The molecule has 1 saturated carbocycles. The second-order valence-electron chi connectivity index (χ2n) is 3.20. The summed E-state index contributed by atoms with van der Waals surface area (Å²) in [5, 5.41) is 8.55. The highest BCUT2D eigenvalue weighted by Gasteiger charge is 2.38. The highest BCUT2D eigenvalue weighted by Crippen LogP contribution is 2.46. The molecule has 1 aromatic heterocycles. The number of nitrogens with two attached hydrogens (primary N) is 1. The summed E-state index contributed by atoms with van der Waals surface area (Å²) in [6.45, 7) is 2.12. The molecule has 2 rings (SSSR count). The lowest BCUT2D eigenvalue weighted by molar-refractivity contribution is 0.506. The second-order valence-corrected chi connectivity index (χ2v) is 3.20. The number of oxazole rings is 1. The van der Waals surface area contributed by atoms with Crippen molar-refractivity contribution in [2.24, 2.45) is 5.92 Å². The van der Waals surface area contributed by atoms with Crippen LogP contribution in [0, 0.1) is 17.2 Å². The molecule has 1 heterocycles. The van der Waals surface area contributed by atoms with Gasteiger partial charge in [0.25, 0.3) is 0 Å². The van der Waals surface area contributed by atoms with Crippen LogP contribution in [0.25, 0.3) is 0 Å². The smallest absolute Gasteiger partial charge is 0.229 e. The summed E-state index contributed by atoms with van der Waals surface area (Å²) in [5.41, 5.74) is 5.62. The Hall–Kier alpha value is -1.50. The van der Waals surface area contributed by atoms with E-state index in [1.165, 1.54) is 0 Å². The lowest BCUT2D eigenvalue weighted by Crippen LogP contribution is -1.84. The molecule has 4 heteroatoms. The molecule has 0 spiro atoms. The second kappa shape index (κ2) is 2.24. The highest BCUT2D eigenvalue weighted by atomic mass is 16.4. The molecule has 0 bridgehead atoms. The van der Waals surface area contributed by atoms with Crippen molar-refractivity contribution < 1.29 is 4.42 Å². The zero-order chi connectivity index (χ0) is 8.72. The van der Waals surface area contributed by atoms with E-state index < -0.39 is 0 Å². The monoisotopic (exact) mass is 163 g/mol. The standard InChI is InChI=1S/C8H9N3O/c1-4-2-5(4)8-11-6(3-9)7(10)12-8/h4-5H,2,10H2,1H3. The van der Waals surface area contributed by atoms with Crippen molar-refractivity contribution in [1.82, 2.24) is 4.98 Å². The van der Waals surface area contributed by atoms with Gasteiger partial charge in [-0.1, -0.05) is 6.92 Å². The van der Waals surface area contributed by atoms with Crippen LogP contribution in [0.3, 0.4) is 0 Å². The maximum Gasteiger partial charge on any atom is 0.229 e. The molecule has 1 aromatic rings. The molecule has 0 amide bonds. The van der Waals surface area contributed by atoms with Crippen LogP contribution in [0.5, 0.6) is 0 Å². The maximum atomic E-state index is 8.55. The van der Waals surface area contributed by atoms with Crippen LogP contribution in [-0.2, 0) is 0 Å². The van der Waals surface area contributed by atoms with Crippen LogP contribution in [-0.4, -0.2) is 4.98 Å². The topological polar surface area (TPSA) is 75.8 Å². The molecule has 2 N–H and O–H groups in total. The predicted molar refractivity (Wildman–Crippen MR) is 42.2 cm³/mol. The van der Waals surface area contributed by atoms with Crippen molar-refractivity contribution in [3.63, 3.8) is 0 Å². The fraction of sp³-hybridized carbons (Fsp3) is 0.500. The number of nitrogen functional groups attached to an aromatic ring is 1. The quantitative estimate of drug-likeness (QED) is 0.676. The summed E-state index contributed by atoms with van der Waals surface area (Å²) < 4.78 is 5.14. The highest BCUT2D eigenvalue weighted by molar-refractivity contribution is 5.41. The van der Waals surface area contributed by atoms with Gasteiger partial charge in [0.1, 0.15) is 6.07 Å². The minimum absolute atomic E-state index is 0.145. The van der Waals surface area contributed by atoms with E-state index in [1.807, 2.05) is 6.07 Å². The van der Waals surface area contributed by atoms with Crippen molar-refractivity contribution in [3.8, 4) is 6.07 Å². The number of hydrogen-bond donors (Lipinski definition) is 1. The molecule has 2 unspecified atom stereocenters. The van der Waals surface area contributed by atoms with Gasteiger partial charge in [0, 0.05) is 5.92 Å². The zero-order valence-electron chi connectivity index (χ0n) is 6.74. The van der Waals surface area contributed by atoms with Crippen LogP contribution in [0.15, 0.2) is 4.42 Å². The predicted octanol–water partition coefficient (Wildman–Crippen LogP) is 1.25. The minimum atomic E-state index is 0.145. The molecule has 0 aromatic carbocycles. The lowest BCUT2D eigenvalue weighted by Gasteiger charge is -1.85. The van der Waals surface area contributed by atoms with Gasteiger partial charge in [-0.15, -0.1) is 0 Å². The third-order valence-electron chi connectivity index (χ3n) is 2.20. The molecule has 4 nitrogen and oxygen atoms in total. The van der Waals surface area contributed by atoms with E-state index in [0.717, 1.165) is 6.42 Å². The average Bonchev–Trinajstić information content (AvgIpc) is 2.63. The summed E-state index contributed by atoms with van der Waals surface area (Å²) in [7, 11) is 0. The first-order valence-corrected chi connectivity index (χ1v) is 3.88. The van der Waals surface area contributed by atoms with Crippen LogP contribution in [0.2, 0.25) is 0 Å². The SMILES string of the molecule is CC1CC1c1nc(C#N)c(N)o1. The molecule has 12 heavy (non-hydrogen) atoms. The average molecular weight is 163 g/mol. The van der Waals surface area contributed by atoms with Crippen molar-refractivity contribution in [2.45, 2.75) is 19.3 Å². The molecule has 0 saturated heterocycles. The number of anilines is 1. The van der Waals surface area contributed by atoms with Crippen molar-refractivity contribution in [1.29, 1.82) is 5.26 Å². The molecule has 1 aliphatic rings. The third kappa shape index (κ3) is 0.944. The van der Waals surface area contributed by atoms with E-state index in [4.69, 9.17) is 15.4 Å². The first-order valence-electron chi connectivity index (χ1n) is 3.88. The van der Waals surface area contributed by atoms with Gasteiger partial charge in [-0.25, -0.2) is 4.98 Å². The molecule has 1 aliphatic carbocycles. The molecular weight excluding hydrogens is 154 g/mol. The summed E-state index contributed by atoms with van der Waals surface area (Å²) in [6.07, 6.45) is 1.09. The van der Waals surface area contributed by atoms with Gasteiger partial charge in [0.05, 0.1) is 0 Å². The summed E-state index contributed by atoms with van der Waals surface area (Å²) in [4.78, 5) is 3.99. The van der Waals surface area contributed by atoms with Gasteiger partial charge < -0.3 is 10.2 Å². The van der Waals surface area contributed by atoms with Crippen molar-refractivity contribution in [2.75, 3.05) is 5.73 Å². The van der Waals surface area contributed by atoms with Gasteiger partial charge in [0.2, 0.25) is 17.5 Å². The Morgan fingerprint density at radius 3 is 2.83 bits per heavy atom. The third-order valence-corrected chi connectivity index (χ3v) is 2.20. The first-order chi connectivity index (χ1) is 5.72. The van der Waals surface area contributed by atoms with Gasteiger partial charge >= 0.3 is 0 Å². The summed E-state index contributed by atoms with van der Waals surface area (Å²) >= 11 is 0. The fourth-order valence-corrected chi connectivity index (χ4v) is 1.25. The summed E-state index contributed by atoms with van der Waals surface area (Å²) in [5.74, 6) is 1.77. The van der Waals surface area contributed by atoms with Crippen LogP contribution >= 0.6 is 0 Å². The van der Waals surface area contributed by atoms with E-state index in [2.05, 4.69) is 11.9 Å². The number of hydrogen-bond acceptors (Lipinski definition) is 4. The van der Waals surface area contributed by atoms with Crippen molar-refractivity contribution in [3.05, 3.63) is 11.6 Å². The van der Waals surface area contributed by atoms with E-state index in [9.17, 15) is 0 Å². The van der Waals surface area contributed by atoms with E-state index in [0.29, 0.717) is 17.7 Å². The van der Waals surface area contributed by atoms with Crippen molar-refractivity contribution >= 4 is 5.88 Å². The van der Waals surface area contributed by atoms with E-state index in [1.54, 1.807) is 0 Å². The minimum Gasteiger partial charge on any atom is -0.424 e. The number of rotatable bonds is 1. The maximum absolute atomic E-state index is 8.55.